The van der Waals surface area contributed by atoms with Gasteiger partial charge >= 0.3 is 0 Å². The fourth-order valence-corrected chi connectivity index (χ4v) is 1.69. The van der Waals surface area contributed by atoms with E-state index in [4.69, 9.17) is 5.73 Å². The first kappa shape index (κ1) is 13.7. The zero-order valence-corrected chi connectivity index (χ0v) is 10.8. The number of para-hydroxylation sites is 1. The highest BCUT2D eigenvalue weighted by molar-refractivity contribution is 6.05. The number of aromatic hydroxyl groups is 1. The summed E-state index contributed by atoms with van der Waals surface area (Å²) in [6.07, 6.45) is 0. The minimum absolute atomic E-state index is 0.0499. The van der Waals surface area contributed by atoms with Crippen LogP contribution < -0.4 is 11.1 Å². The molecule has 0 fully saturated rings. The second-order valence-corrected chi connectivity index (χ2v) is 4.06. The van der Waals surface area contributed by atoms with Crippen molar-refractivity contribution < 1.29 is 9.90 Å². The van der Waals surface area contributed by atoms with Gasteiger partial charge in [-0.25, -0.2) is 0 Å². The first-order valence-corrected chi connectivity index (χ1v) is 6.09. The maximum atomic E-state index is 12.1. The van der Waals surface area contributed by atoms with Gasteiger partial charge in [-0.15, -0.1) is 0 Å². The van der Waals surface area contributed by atoms with Crippen LogP contribution in [0.1, 0.15) is 15.9 Å². The predicted octanol–water partition coefficient (Wildman–Crippen LogP) is 1.95. The van der Waals surface area contributed by atoms with Gasteiger partial charge in [-0.2, -0.15) is 0 Å². The highest BCUT2D eigenvalue weighted by Crippen LogP contribution is 2.17. The summed E-state index contributed by atoms with van der Waals surface area (Å²) in [5, 5.41) is 12.2. The number of hydrogen-bond donors (Lipinski definition) is 3. The minimum Gasteiger partial charge on any atom is -0.508 e. The van der Waals surface area contributed by atoms with Crippen molar-refractivity contribution in [3.8, 4) is 17.6 Å². The number of amides is 1. The summed E-state index contributed by atoms with van der Waals surface area (Å²) in [7, 11) is 0. The van der Waals surface area contributed by atoms with Crippen molar-refractivity contribution in [2.75, 3.05) is 11.9 Å². The number of carbonyl (C=O) groups is 1. The van der Waals surface area contributed by atoms with Crippen LogP contribution in [-0.2, 0) is 0 Å². The number of nitrogens with one attached hydrogen (secondary N) is 1. The van der Waals surface area contributed by atoms with Crippen LogP contribution in [0, 0.1) is 11.8 Å². The summed E-state index contributed by atoms with van der Waals surface area (Å²) in [4.78, 5) is 12.1. The molecule has 0 radical (unpaired) electrons. The number of nitrogens with two attached hydrogens (primary N) is 1. The monoisotopic (exact) mass is 266 g/mol. The lowest BCUT2D eigenvalue weighted by Gasteiger charge is -2.07. The fraction of sp³-hybridized carbons (Fsp3) is 0.0625. The third-order valence-electron chi connectivity index (χ3n) is 2.61. The van der Waals surface area contributed by atoms with Gasteiger partial charge in [-0.05, 0) is 30.3 Å². The predicted molar refractivity (Wildman–Crippen MR) is 78.4 cm³/mol. The maximum Gasteiger partial charge on any atom is 0.255 e. The Hall–Kier alpha value is -2.77. The Bertz CT molecular complexity index is 684. The third-order valence-corrected chi connectivity index (χ3v) is 2.61. The van der Waals surface area contributed by atoms with Crippen molar-refractivity contribution in [3.05, 3.63) is 59.7 Å². The van der Waals surface area contributed by atoms with Crippen LogP contribution in [-0.4, -0.2) is 17.6 Å². The van der Waals surface area contributed by atoms with E-state index >= 15 is 0 Å². The molecule has 4 N–H and O–H groups in total. The average molecular weight is 266 g/mol. The molecule has 0 aliphatic carbocycles. The lowest BCUT2D eigenvalue weighted by atomic mass is 10.1. The number of hydrogen-bond acceptors (Lipinski definition) is 3. The van der Waals surface area contributed by atoms with Gasteiger partial charge in [0.25, 0.3) is 5.91 Å². The van der Waals surface area contributed by atoms with Gasteiger partial charge in [-0.3, -0.25) is 4.79 Å². The molecule has 1 amide bonds. The molecule has 100 valence electrons. The van der Waals surface area contributed by atoms with E-state index in [9.17, 15) is 9.90 Å². The first-order valence-electron chi connectivity index (χ1n) is 6.09. The summed E-state index contributed by atoms with van der Waals surface area (Å²) < 4.78 is 0. The molecule has 0 unspecified atom stereocenters. The molecule has 0 saturated carbocycles. The molecule has 0 spiro atoms. The van der Waals surface area contributed by atoms with Gasteiger partial charge in [0.1, 0.15) is 5.75 Å². The van der Waals surface area contributed by atoms with Gasteiger partial charge in [0.15, 0.2) is 0 Å². The zero-order chi connectivity index (χ0) is 14.4. The molecule has 0 bridgehead atoms. The molecule has 0 aromatic heterocycles. The van der Waals surface area contributed by atoms with Gasteiger partial charge in [-0.1, -0.05) is 30.0 Å². The number of benzene rings is 2. The molecular formula is C16H14N2O2. The lowest BCUT2D eigenvalue weighted by molar-refractivity contribution is 0.102. The minimum atomic E-state index is -0.303. The summed E-state index contributed by atoms with van der Waals surface area (Å²) >= 11 is 0. The van der Waals surface area contributed by atoms with E-state index in [1.807, 2.05) is 12.1 Å². The van der Waals surface area contributed by atoms with Crippen LogP contribution in [0.25, 0.3) is 0 Å². The Morgan fingerprint density at radius 2 is 2.00 bits per heavy atom. The molecule has 0 aliphatic rings. The number of anilines is 1. The largest absolute Gasteiger partial charge is 0.508 e. The molecule has 2 aromatic rings. The van der Waals surface area contributed by atoms with Crippen molar-refractivity contribution in [2.45, 2.75) is 0 Å². The van der Waals surface area contributed by atoms with Gasteiger partial charge < -0.3 is 16.2 Å². The third kappa shape index (κ3) is 3.37. The van der Waals surface area contributed by atoms with E-state index in [0.29, 0.717) is 16.8 Å². The van der Waals surface area contributed by atoms with E-state index in [2.05, 4.69) is 17.2 Å². The van der Waals surface area contributed by atoms with E-state index in [-0.39, 0.29) is 18.2 Å². The Kier molecular flexibility index (Phi) is 4.38. The molecule has 2 rings (SSSR count). The normalized spacial score (nSPS) is 9.45. The van der Waals surface area contributed by atoms with Crippen LogP contribution in [0.4, 0.5) is 5.69 Å². The average Bonchev–Trinajstić information content (AvgIpc) is 2.46. The maximum absolute atomic E-state index is 12.1. The lowest BCUT2D eigenvalue weighted by Crippen LogP contribution is -2.12. The Morgan fingerprint density at radius 1 is 1.20 bits per heavy atom. The summed E-state index contributed by atoms with van der Waals surface area (Å²) in [6, 6.07) is 13.4. The second kappa shape index (κ2) is 6.41. The van der Waals surface area contributed by atoms with Crippen molar-refractivity contribution in [1.29, 1.82) is 0 Å². The van der Waals surface area contributed by atoms with Crippen LogP contribution >= 0.6 is 0 Å². The molecule has 20 heavy (non-hydrogen) atoms. The van der Waals surface area contributed by atoms with E-state index < -0.39 is 0 Å². The van der Waals surface area contributed by atoms with Crippen molar-refractivity contribution >= 4 is 11.6 Å². The smallest absolute Gasteiger partial charge is 0.255 e. The quantitative estimate of drug-likeness (QED) is 0.727. The van der Waals surface area contributed by atoms with Crippen molar-refractivity contribution in [2.24, 2.45) is 5.73 Å². The first-order chi connectivity index (χ1) is 9.70. The van der Waals surface area contributed by atoms with Gasteiger partial charge in [0.05, 0.1) is 12.2 Å². The molecule has 2 aromatic carbocycles. The number of rotatable bonds is 2. The Balaban J connectivity index is 2.24. The Morgan fingerprint density at radius 3 is 2.75 bits per heavy atom. The summed E-state index contributed by atoms with van der Waals surface area (Å²) in [5.41, 5.74) is 7.04. The summed E-state index contributed by atoms with van der Waals surface area (Å²) in [6.45, 7) is 0.259. The summed E-state index contributed by atoms with van der Waals surface area (Å²) in [5.74, 6) is 5.40. The van der Waals surface area contributed by atoms with E-state index in [1.165, 1.54) is 12.1 Å². The zero-order valence-electron chi connectivity index (χ0n) is 10.8. The SMILES string of the molecule is NCC#Cc1ccccc1NC(=O)c1cccc(O)c1. The van der Waals surface area contributed by atoms with Crippen LogP contribution in [0.2, 0.25) is 0 Å². The molecule has 0 atom stereocenters. The fourth-order valence-electron chi connectivity index (χ4n) is 1.69. The van der Waals surface area contributed by atoms with Crippen LogP contribution in [0.15, 0.2) is 48.5 Å². The highest BCUT2D eigenvalue weighted by atomic mass is 16.3. The van der Waals surface area contributed by atoms with E-state index in [1.54, 1.807) is 24.3 Å². The molecule has 0 saturated heterocycles. The van der Waals surface area contributed by atoms with Gasteiger partial charge in [0.2, 0.25) is 0 Å². The molecule has 0 heterocycles. The second-order valence-electron chi connectivity index (χ2n) is 4.06. The topological polar surface area (TPSA) is 75.3 Å². The number of carbonyl (C=O) groups excluding carboxylic acids is 1. The number of phenols is 1. The highest BCUT2D eigenvalue weighted by Gasteiger charge is 2.08. The molecule has 0 aliphatic heterocycles. The molecular weight excluding hydrogens is 252 g/mol. The van der Waals surface area contributed by atoms with E-state index in [0.717, 1.165) is 0 Å². The molecule has 4 nitrogen and oxygen atoms in total. The van der Waals surface area contributed by atoms with Crippen molar-refractivity contribution in [3.63, 3.8) is 0 Å². The number of phenolic OH excluding ortho intramolecular Hbond substituents is 1. The van der Waals surface area contributed by atoms with Gasteiger partial charge in [0, 0.05) is 11.1 Å². The standard InChI is InChI=1S/C16H14N2O2/c17-10-4-7-12-5-1-2-9-15(12)18-16(20)13-6-3-8-14(19)11-13/h1-3,5-6,8-9,11,19H,10,17H2,(H,18,20). The Labute approximate surface area is 117 Å². The van der Waals surface area contributed by atoms with Crippen LogP contribution in [0.3, 0.4) is 0 Å². The molecule has 4 heteroatoms. The van der Waals surface area contributed by atoms with Crippen LogP contribution in [0.5, 0.6) is 5.75 Å². The van der Waals surface area contributed by atoms with Crippen molar-refractivity contribution in [1.82, 2.24) is 0 Å².